The first kappa shape index (κ1) is 10.6. The first-order valence-electron chi connectivity index (χ1n) is 5.17. The molecule has 0 bridgehead atoms. The van der Waals surface area contributed by atoms with Gasteiger partial charge in [0.05, 0.1) is 0 Å². The smallest absolute Gasteiger partial charge is 0.129 e. The summed E-state index contributed by atoms with van der Waals surface area (Å²) in [5.41, 5.74) is 1.12. The third kappa shape index (κ3) is 2.54. The number of rotatable bonds is 3. The number of ether oxygens (including phenoxy) is 1. The lowest BCUT2D eigenvalue weighted by atomic mass is 10.3. The number of anilines is 1. The van der Waals surface area contributed by atoms with Gasteiger partial charge in [-0.05, 0) is 30.3 Å². The molecular formula is C14H14NO. The van der Waals surface area contributed by atoms with Crippen molar-refractivity contribution in [2.24, 2.45) is 0 Å². The number of nitrogens with zero attached hydrogens (tertiary/aromatic N) is 1. The predicted molar refractivity (Wildman–Crippen MR) is 66.1 cm³/mol. The molecule has 0 aromatic heterocycles. The maximum Gasteiger partial charge on any atom is 0.129 e. The first-order valence-corrected chi connectivity index (χ1v) is 5.17. The summed E-state index contributed by atoms with van der Waals surface area (Å²) in [5, 5.41) is 0. The fraction of sp³-hybridized carbons (Fsp3) is 0.143. The van der Waals surface area contributed by atoms with Crippen molar-refractivity contribution in [3.63, 3.8) is 0 Å². The second-order valence-electron chi connectivity index (χ2n) is 3.73. The van der Waals surface area contributed by atoms with Crippen molar-refractivity contribution in [3.05, 3.63) is 54.6 Å². The predicted octanol–water partition coefficient (Wildman–Crippen LogP) is 3.35. The van der Waals surface area contributed by atoms with E-state index in [0.29, 0.717) is 0 Å². The van der Waals surface area contributed by atoms with Gasteiger partial charge in [0.1, 0.15) is 11.5 Å². The lowest BCUT2D eigenvalue weighted by molar-refractivity contribution is 0.482. The molecule has 0 atom stereocenters. The van der Waals surface area contributed by atoms with Crippen molar-refractivity contribution >= 4 is 5.69 Å². The summed E-state index contributed by atoms with van der Waals surface area (Å²) in [7, 11) is 4.02. The van der Waals surface area contributed by atoms with Crippen LogP contribution in [0.25, 0.3) is 0 Å². The van der Waals surface area contributed by atoms with Crippen molar-refractivity contribution in [1.29, 1.82) is 0 Å². The third-order valence-corrected chi connectivity index (χ3v) is 2.26. The summed E-state index contributed by atoms with van der Waals surface area (Å²) in [6, 6.07) is 18.4. The normalized spacial score (nSPS) is 9.88. The SMILES string of the molecule is CN(C)c1cccc(Oc2cc[c]cc2)c1. The molecule has 2 nitrogen and oxygen atoms in total. The summed E-state index contributed by atoms with van der Waals surface area (Å²) >= 11 is 0. The molecule has 1 radical (unpaired) electrons. The van der Waals surface area contributed by atoms with Crippen LogP contribution in [0.4, 0.5) is 5.69 Å². The molecule has 0 N–H and O–H groups in total. The van der Waals surface area contributed by atoms with E-state index in [2.05, 4.69) is 6.07 Å². The molecule has 0 spiro atoms. The zero-order valence-electron chi connectivity index (χ0n) is 9.47. The second-order valence-corrected chi connectivity index (χ2v) is 3.73. The van der Waals surface area contributed by atoms with E-state index in [0.717, 1.165) is 17.2 Å². The molecule has 0 aliphatic heterocycles. The van der Waals surface area contributed by atoms with E-state index >= 15 is 0 Å². The Hall–Kier alpha value is -1.96. The van der Waals surface area contributed by atoms with Gasteiger partial charge in [0.2, 0.25) is 0 Å². The van der Waals surface area contributed by atoms with E-state index in [1.165, 1.54) is 0 Å². The highest BCUT2D eigenvalue weighted by Gasteiger charge is 1.99. The zero-order valence-corrected chi connectivity index (χ0v) is 9.47. The average Bonchev–Trinajstić information content (AvgIpc) is 2.30. The fourth-order valence-electron chi connectivity index (χ4n) is 1.40. The molecule has 2 aromatic carbocycles. The van der Waals surface area contributed by atoms with Crippen molar-refractivity contribution in [1.82, 2.24) is 0 Å². The van der Waals surface area contributed by atoms with Gasteiger partial charge in [-0.15, -0.1) is 0 Å². The van der Waals surface area contributed by atoms with Crippen LogP contribution >= 0.6 is 0 Å². The first-order chi connectivity index (χ1) is 7.75. The summed E-state index contributed by atoms with van der Waals surface area (Å²) in [5.74, 6) is 1.67. The van der Waals surface area contributed by atoms with Gasteiger partial charge in [-0.2, -0.15) is 0 Å². The average molecular weight is 212 g/mol. The minimum Gasteiger partial charge on any atom is -0.457 e. The Bertz CT molecular complexity index is 451. The van der Waals surface area contributed by atoms with Crippen LogP contribution in [0, 0.1) is 6.07 Å². The lowest BCUT2D eigenvalue weighted by Crippen LogP contribution is -2.08. The van der Waals surface area contributed by atoms with Gasteiger partial charge in [0.25, 0.3) is 0 Å². The second kappa shape index (κ2) is 4.71. The van der Waals surface area contributed by atoms with Gasteiger partial charge in [0.15, 0.2) is 0 Å². The summed E-state index contributed by atoms with van der Waals surface area (Å²) < 4.78 is 5.72. The maximum absolute atomic E-state index is 5.72. The van der Waals surface area contributed by atoms with E-state index in [1.807, 2.05) is 67.5 Å². The number of hydrogen-bond donors (Lipinski definition) is 0. The Morgan fingerprint density at radius 2 is 1.75 bits per heavy atom. The highest BCUT2D eigenvalue weighted by Crippen LogP contribution is 2.24. The van der Waals surface area contributed by atoms with Crippen molar-refractivity contribution in [2.45, 2.75) is 0 Å². The van der Waals surface area contributed by atoms with E-state index in [9.17, 15) is 0 Å². The molecule has 0 saturated heterocycles. The van der Waals surface area contributed by atoms with E-state index in [1.54, 1.807) is 0 Å². The van der Waals surface area contributed by atoms with Gasteiger partial charge in [-0.1, -0.05) is 18.2 Å². The van der Waals surface area contributed by atoms with Gasteiger partial charge >= 0.3 is 0 Å². The Balaban J connectivity index is 2.19. The van der Waals surface area contributed by atoms with Crippen LogP contribution in [0.1, 0.15) is 0 Å². The van der Waals surface area contributed by atoms with Gasteiger partial charge in [0, 0.05) is 25.8 Å². The van der Waals surface area contributed by atoms with Crippen LogP contribution < -0.4 is 9.64 Å². The lowest BCUT2D eigenvalue weighted by Gasteiger charge is -2.13. The van der Waals surface area contributed by atoms with Gasteiger partial charge < -0.3 is 9.64 Å². The molecule has 81 valence electrons. The van der Waals surface area contributed by atoms with Gasteiger partial charge in [-0.25, -0.2) is 0 Å². The van der Waals surface area contributed by atoms with E-state index in [-0.39, 0.29) is 0 Å². The Morgan fingerprint density at radius 1 is 1.00 bits per heavy atom. The highest BCUT2D eigenvalue weighted by molar-refractivity contribution is 5.50. The number of benzene rings is 2. The molecule has 0 unspecified atom stereocenters. The molecule has 2 aromatic rings. The molecule has 0 saturated carbocycles. The van der Waals surface area contributed by atoms with Crippen LogP contribution in [-0.2, 0) is 0 Å². The molecule has 0 aliphatic rings. The maximum atomic E-state index is 5.72. The van der Waals surface area contributed by atoms with Crippen molar-refractivity contribution in [2.75, 3.05) is 19.0 Å². The van der Waals surface area contributed by atoms with E-state index < -0.39 is 0 Å². The molecule has 0 amide bonds. The standard InChI is InChI=1S/C14H14NO/c1-15(2)12-7-6-10-14(11-12)16-13-8-4-3-5-9-13/h4-11H,1-2H3. The van der Waals surface area contributed by atoms with Crippen LogP contribution in [0.2, 0.25) is 0 Å². The molecule has 0 heterocycles. The summed E-state index contributed by atoms with van der Waals surface area (Å²) in [6.07, 6.45) is 0. The van der Waals surface area contributed by atoms with Gasteiger partial charge in [-0.3, -0.25) is 0 Å². The zero-order chi connectivity index (χ0) is 11.4. The highest BCUT2D eigenvalue weighted by atomic mass is 16.5. The Kier molecular flexibility index (Phi) is 3.10. The molecule has 0 fully saturated rings. The molecule has 2 rings (SSSR count). The monoisotopic (exact) mass is 212 g/mol. The largest absolute Gasteiger partial charge is 0.457 e. The van der Waals surface area contributed by atoms with Crippen LogP contribution in [0.5, 0.6) is 11.5 Å². The molecule has 0 aliphatic carbocycles. The summed E-state index contributed by atoms with van der Waals surface area (Å²) in [6.45, 7) is 0. The quantitative estimate of drug-likeness (QED) is 0.773. The van der Waals surface area contributed by atoms with Crippen LogP contribution in [-0.4, -0.2) is 14.1 Å². The van der Waals surface area contributed by atoms with Crippen molar-refractivity contribution in [3.8, 4) is 11.5 Å². The molecular weight excluding hydrogens is 198 g/mol. The van der Waals surface area contributed by atoms with Crippen LogP contribution in [0.15, 0.2) is 48.5 Å². The topological polar surface area (TPSA) is 12.5 Å². The Labute approximate surface area is 96.1 Å². The van der Waals surface area contributed by atoms with Crippen molar-refractivity contribution < 1.29 is 4.74 Å². The third-order valence-electron chi connectivity index (χ3n) is 2.26. The van der Waals surface area contributed by atoms with E-state index in [4.69, 9.17) is 4.74 Å². The minimum atomic E-state index is 0.828. The fourth-order valence-corrected chi connectivity index (χ4v) is 1.40. The molecule has 16 heavy (non-hydrogen) atoms. The minimum absolute atomic E-state index is 0.828. The molecule has 2 heteroatoms. The Morgan fingerprint density at radius 3 is 2.44 bits per heavy atom. The summed E-state index contributed by atoms with van der Waals surface area (Å²) in [4.78, 5) is 2.05. The number of hydrogen-bond acceptors (Lipinski definition) is 2. The van der Waals surface area contributed by atoms with Crippen LogP contribution in [0.3, 0.4) is 0 Å².